The Kier molecular flexibility index (Phi) is 7.49. The molecule has 112 valence electrons. The van der Waals surface area contributed by atoms with Gasteiger partial charge in [0, 0.05) is 11.5 Å². The predicted octanol–water partition coefficient (Wildman–Crippen LogP) is 3.34. The maximum atomic E-state index is 11.7. The Labute approximate surface area is 120 Å². The van der Waals surface area contributed by atoms with Crippen LogP contribution in [0.15, 0.2) is 0 Å². The first-order valence-electron chi connectivity index (χ1n) is 6.53. The van der Waals surface area contributed by atoms with E-state index in [2.05, 4.69) is 20.8 Å². The van der Waals surface area contributed by atoms with E-state index in [0.717, 1.165) is 6.42 Å². The van der Waals surface area contributed by atoms with Crippen molar-refractivity contribution in [2.45, 2.75) is 59.5 Å². The highest BCUT2D eigenvalue weighted by molar-refractivity contribution is 7.99. The molecule has 0 amide bonds. The molecule has 0 saturated carbocycles. The molecule has 0 rings (SSSR count). The monoisotopic (exact) mass is 290 g/mol. The van der Waals surface area contributed by atoms with E-state index in [1.54, 1.807) is 0 Å². The maximum Gasteiger partial charge on any atom is 0.307 e. The third kappa shape index (κ3) is 12.1. The summed E-state index contributed by atoms with van der Waals surface area (Å²) < 4.78 is 5.47. The summed E-state index contributed by atoms with van der Waals surface area (Å²) in [6.45, 7) is 10.2. The number of hydrogen-bond acceptors (Lipinski definition) is 4. The first-order valence-corrected chi connectivity index (χ1v) is 7.69. The van der Waals surface area contributed by atoms with Gasteiger partial charge in [0.25, 0.3) is 0 Å². The van der Waals surface area contributed by atoms with Gasteiger partial charge in [0.2, 0.25) is 0 Å². The number of carbonyl (C=O) groups is 2. The Hall–Kier alpha value is -0.710. The third-order valence-electron chi connectivity index (χ3n) is 2.26. The summed E-state index contributed by atoms with van der Waals surface area (Å²) in [6, 6.07) is 0. The number of esters is 1. The molecule has 0 aliphatic carbocycles. The summed E-state index contributed by atoms with van der Waals surface area (Å²) in [6.07, 6.45) is 1.27. The van der Waals surface area contributed by atoms with E-state index in [1.807, 2.05) is 13.8 Å². The number of thioether (sulfide) groups is 1. The van der Waals surface area contributed by atoms with Crippen LogP contribution in [-0.2, 0) is 14.3 Å². The highest BCUT2D eigenvalue weighted by atomic mass is 32.2. The van der Waals surface area contributed by atoms with Crippen LogP contribution < -0.4 is 0 Å². The van der Waals surface area contributed by atoms with Gasteiger partial charge in [-0.25, -0.2) is 0 Å². The van der Waals surface area contributed by atoms with E-state index in [9.17, 15) is 9.59 Å². The molecule has 0 unspecified atom stereocenters. The fourth-order valence-electron chi connectivity index (χ4n) is 2.09. The number of carboxylic acid groups (broad SMARTS) is 1. The minimum absolute atomic E-state index is 0.111. The normalized spacial score (nSPS) is 12.3. The molecule has 0 spiro atoms. The molecular weight excluding hydrogens is 264 g/mol. The Morgan fingerprint density at radius 3 is 2.05 bits per heavy atom. The molecule has 1 N–H and O–H groups in total. The van der Waals surface area contributed by atoms with Crippen molar-refractivity contribution in [2.75, 3.05) is 11.5 Å². The smallest absolute Gasteiger partial charge is 0.307 e. The molecule has 0 bridgehead atoms. The lowest BCUT2D eigenvalue weighted by Gasteiger charge is -2.32. The standard InChI is InChI=1S/C14H26O4S/c1-13(2,3)10-14(4,5)18-12(17)7-9-19-8-6-11(15)16/h6-10H2,1-5H3,(H,15,16). The average molecular weight is 290 g/mol. The lowest BCUT2D eigenvalue weighted by atomic mass is 9.83. The van der Waals surface area contributed by atoms with Crippen LogP contribution in [0.3, 0.4) is 0 Å². The van der Waals surface area contributed by atoms with Crippen molar-refractivity contribution in [2.24, 2.45) is 5.41 Å². The second-order valence-electron chi connectivity index (χ2n) is 6.48. The van der Waals surface area contributed by atoms with Crippen molar-refractivity contribution >= 4 is 23.7 Å². The molecule has 19 heavy (non-hydrogen) atoms. The summed E-state index contributed by atoms with van der Waals surface area (Å²) in [7, 11) is 0. The number of hydrogen-bond donors (Lipinski definition) is 1. The molecular formula is C14H26O4S. The van der Waals surface area contributed by atoms with Crippen molar-refractivity contribution < 1.29 is 19.4 Å². The molecule has 4 nitrogen and oxygen atoms in total. The van der Waals surface area contributed by atoms with E-state index in [-0.39, 0.29) is 17.8 Å². The van der Waals surface area contributed by atoms with Crippen molar-refractivity contribution in [1.82, 2.24) is 0 Å². The fraction of sp³-hybridized carbons (Fsp3) is 0.857. The number of ether oxygens (including phenoxy) is 1. The minimum atomic E-state index is -0.804. The molecule has 0 aromatic rings. The van der Waals surface area contributed by atoms with Gasteiger partial charge in [-0.1, -0.05) is 20.8 Å². The molecule has 0 aliphatic rings. The van der Waals surface area contributed by atoms with Gasteiger partial charge in [0.15, 0.2) is 0 Å². The van der Waals surface area contributed by atoms with Crippen molar-refractivity contribution in [3.8, 4) is 0 Å². The molecule has 0 aromatic heterocycles. The largest absolute Gasteiger partial charge is 0.481 e. The summed E-state index contributed by atoms with van der Waals surface area (Å²) in [4.78, 5) is 22.0. The second-order valence-corrected chi connectivity index (χ2v) is 7.70. The van der Waals surface area contributed by atoms with Crippen molar-refractivity contribution in [3.63, 3.8) is 0 Å². The number of rotatable bonds is 8. The summed E-state index contributed by atoms with van der Waals surface area (Å²) in [5.74, 6) is 0.129. The van der Waals surface area contributed by atoms with Gasteiger partial charge in [-0.3, -0.25) is 9.59 Å². The number of aliphatic carboxylic acids is 1. The van der Waals surface area contributed by atoms with Gasteiger partial charge in [-0.15, -0.1) is 0 Å². The lowest BCUT2D eigenvalue weighted by Crippen LogP contribution is -2.32. The van der Waals surface area contributed by atoms with Crippen LogP contribution in [0.2, 0.25) is 0 Å². The molecule has 0 fully saturated rings. The van der Waals surface area contributed by atoms with Gasteiger partial charge < -0.3 is 9.84 Å². The average Bonchev–Trinajstić information content (AvgIpc) is 2.11. The SMILES string of the molecule is CC(C)(C)CC(C)(C)OC(=O)CCSCCC(=O)O. The molecule has 0 heterocycles. The van der Waals surface area contributed by atoms with Crippen molar-refractivity contribution in [3.05, 3.63) is 0 Å². The van der Waals surface area contributed by atoms with Gasteiger partial charge in [-0.2, -0.15) is 11.8 Å². The van der Waals surface area contributed by atoms with Crippen LogP contribution in [0, 0.1) is 5.41 Å². The number of carboxylic acids is 1. The van der Waals surface area contributed by atoms with E-state index in [1.165, 1.54) is 11.8 Å². The fourth-order valence-corrected chi connectivity index (χ4v) is 2.92. The molecule has 0 aliphatic heterocycles. The van der Waals surface area contributed by atoms with Crippen LogP contribution in [0.1, 0.15) is 53.9 Å². The highest BCUT2D eigenvalue weighted by Gasteiger charge is 2.28. The zero-order chi connectivity index (χ0) is 15.1. The third-order valence-corrected chi connectivity index (χ3v) is 3.24. The first kappa shape index (κ1) is 18.3. The van der Waals surface area contributed by atoms with Crippen LogP contribution in [0.4, 0.5) is 0 Å². The minimum Gasteiger partial charge on any atom is -0.481 e. The summed E-state index contributed by atoms with van der Waals surface area (Å²) in [5.41, 5.74) is -0.346. The number of carbonyl (C=O) groups excluding carboxylic acids is 1. The highest BCUT2D eigenvalue weighted by Crippen LogP contribution is 2.29. The van der Waals surface area contributed by atoms with Gasteiger partial charge in [-0.05, 0) is 25.7 Å². The van der Waals surface area contributed by atoms with Gasteiger partial charge in [0.1, 0.15) is 5.60 Å². The van der Waals surface area contributed by atoms with Gasteiger partial charge in [0.05, 0.1) is 12.8 Å². The van der Waals surface area contributed by atoms with E-state index in [4.69, 9.17) is 9.84 Å². The summed E-state index contributed by atoms with van der Waals surface area (Å²) in [5, 5.41) is 8.48. The predicted molar refractivity (Wildman–Crippen MR) is 78.4 cm³/mol. The summed E-state index contributed by atoms with van der Waals surface area (Å²) >= 11 is 1.47. The Bertz CT molecular complexity index is 305. The van der Waals surface area contributed by atoms with Crippen LogP contribution in [0.5, 0.6) is 0 Å². The van der Waals surface area contributed by atoms with Crippen molar-refractivity contribution in [1.29, 1.82) is 0 Å². The second kappa shape index (κ2) is 7.78. The molecule has 0 aromatic carbocycles. The molecule has 5 heteroatoms. The Morgan fingerprint density at radius 2 is 1.58 bits per heavy atom. The van der Waals surface area contributed by atoms with E-state index < -0.39 is 11.6 Å². The van der Waals surface area contributed by atoms with Crippen LogP contribution >= 0.6 is 11.8 Å². The lowest BCUT2D eigenvalue weighted by molar-refractivity contribution is -0.158. The van der Waals surface area contributed by atoms with E-state index in [0.29, 0.717) is 17.9 Å². The molecule has 0 saturated heterocycles. The Balaban J connectivity index is 3.88. The zero-order valence-electron chi connectivity index (χ0n) is 12.6. The zero-order valence-corrected chi connectivity index (χ0v) is 13.4. The van der Waals surface area contributed by atoms with E-state index >= 15 is 0 Å². The topological polar surface area (TPSA) is 63.6 Å². The Morgan fingerprint density at radius 1 is 1.05 bits per heavy atom. The van der Waals surface area contributed by atoms with Gasteiger partial charge >= 0.3 is 11.9 Å². The van der Waals surface area contributed by atoms with Crippen LogP contribution in [0.25, 0.3) is 0 Å². The first-order chi connectivity index (χ1) is 8.52. The molecule has 0 radical (unpaired) electrons. The maximum absolute atomic E-state index is 11.7. The molecule has 0 atom stereocenters. The quantitative estimate of drug-likeness (QED) is 0.548. The van der Waals surface area contributed by atoms with Crippen LogP contribution in [-0.4, -0.2) is 34.2 Å².